The van der Waals surface area contributed by atoms with Crippen molar-refractivity contribution in [1.82, 2.24) is 30.2 Å². The Morgan fingerprint density at radius 3 is 2.52 bits per heavy atom. The van der Waals surface area contributed by atoms with Gasteiger partial charge in [-0.25, -0.2) is 19.3 Å². The highest BCUT2D eigenvalue weighted by molar-refractivity contribution is 5.83. The molecule has 3 aliphatic heterocycles. The predicted octanol–water partition coefficient (Wildman–Crippen LogP) is 2.75. The first-order valence-electron chi connectivity index (χ1n) is 13.8. The molecule has 0 spiro atoms. The molecule has 2 aromatic heterocycles. The van der Waals surface area contributed by atoms with Gasteiger partial charge in [0.1, 0.15) is 5.82 Å². The number of aromatic amines is 1. The van der Waals surface area contributed by atoms with E-state index in [0.717, 1.165) is 25.9 Å². The normalized spacial score (nSPS) is 24.1. The summed E-state index contributed by atoms with van der Waals surface area (Å²) in [6.45, 7) is 6.33. The van der Waals surface area contributed by atoms with Crippen molar-refractivity contribution in [3.8, 4) is 22.6 Å². The van der Waals surface area contributed by atoms with E-state index in [9.17, 15) is 9.18 Å². The van der Waals surface area contributed by atoms with Gasteiger partial charge in [0.25, 0.3) is 0 Å². The minimum absolute atomic E-state index is 0.00357. The number of hydrogen-bond acceptors (Lipinski definition) is 9. The second-order valence-electron chi connectivity index (χ2n) is 10.7. The topological polar surface area (TPSA) is 127 Å². The molecule has 3 aromatic rings. The highest BCUT2D eigenvalue weighted by atomic mass is 19.1. The van der Waals surface area contributed by atoms with Gasteiger partial charge in [-0.2, -0.15) is 0 Å². The summed E-state index contributed by atoms with van der Waals surface area (Å²) >= 11 is 0. The number of aromatic nitrogens is 4. The van der Waals surface area contributed by atoms with Crippen molar-refractivity contribution in [3.05, 3.63) is 48.2 Å². The molecule has 1 aromatic carbocycles. The van der Waals surface area contributed by atoms with E-state index in [4.69, 9.17) is 24.2 Å². The van der Waals surface area contributed by atoms with Crippen LogP contribution < -0.4 is 10.6 Å². The molecule has 3 N–H and O–H groups in total. The van der Waals surface area contributed by atoms with Crippen LogP contribution in [0, 0.1) is 11.2 Å². The maximum Gasteiger partial charge on any atom is 0.233 e. The highest BCUT2D eigenvalue weighted by Gasteiger charge is 2.43. The second kappa shape index (κ2) is 11.6. The lowest BCUT2D eigenvalue weighted by atomic mass is 9.90. The Balaban J connectivity index is 1.25. The largest absolute Gasteiger partial charge is 0.378 e. The van der Waals surface area contributed by atoms with E-state index in [-0.39, 0.29) is 24.9 Å². The van der Waals surface area contributed by atoms with Crippen molar-refractivity contribution in [3.63, 3.8) is 0 Å². The molecule has 6 rings (SSSR count). The number of H-pyrrole nitrogens is 1. The number of carbonyl (C=O) groups is 1. The summed E-state index contributed by atoms with van der Waals surface area (Å²) in [4.78, 5) is 32.3. The van der Waals surface area contributed by atoms with Crippen LogP contribution in [0.3, 0.4) is 0 Å². The molecule has 3 aliphatic rings. The number of carbonyl (C=O) groups excluding carboxylic acids is 1. The molecule has 12 heteroatoms. The monoisotopic (exact) mass is 551 g/mol. The molecule has 0 radical (unpaired) electrons. The van der Waals surface area contributed by atoms with Crippen molar-refractivity contribution in [1.29, 1.82) is 0 Å². The second-order valence-corrected chi connectivity index (χ2v) is 10.7. The fourth-order valence-corrected chi connectivity index (χ4v) is 5.26. The molecule has 11 nitrogen and oxygen atoms in total. The lowest BCUT2D eigenvalue weighted by molar-refractivity contribution is -0.235. The SMILES string of the molecule is CC1(C(=O)N2CCOCC2)COC(c2nc(-c3ccc(F)cc3)c(-c3ccnc(NC4CCNCC4)n3)[nH]2)OC1. The summed E-state index contributed by atoms with van der Waals surface area (Å²) in [7, 11) is 0. The molecule has 212 valence electrons. The van der Waals surface area contributed by atoms with Crippen LogP contribution in [0.2, 0.25) is 0 Å². The number of halogens is 1. The van der Waals surface area contributed by atoms with Gasteiger partial charge in [-0.1, -0.05) is 0 Å². The number of rotatable bonds is 6. The van der Waals surface area contributed by atoms with Gasteiger partial charge in [-0.05, 0) is 63.2 Å². The molecule has 40 heavy (non-hydrogen) atoms. The zero-order valence-corrected chi connectivity index (χ0v) is 22.5. The molecule has 0 aliphatic carbocycles. The van der Waals surface area contributed by atoms with Crippen LogP contribution in [0.1, 0.15) is 31.9 Å². The van der Waals surface area contributed by atoms with Crippen LogP contribution in [0.25, 0.3) is 22.6 Å². The van der Waals surface area contributed by atoms with Crippen molar-refractivity contribution in [2.24, 2.45) is 5.41 Å². The number of nitrogens with zero attached hydrogens (tertiary/aromatic N) is 4. The Labute approximate surface area is 231 Å². The van der Waals surface area contributed by atoms with E-state index < -0.39 is 11.7 Å². The van der Waals surface area contributed by atoms with Gasteiger partial charge >= 0.3 is 0 Å². The summed E-state index contributed by atoms with van der Waals surface area (Å²) in [6.07, 6.45) is 2.89. The molecule has 0 bridgehead atoms. The average Bonchev–Trinajstić information content (AvgIpc) is 3.44. The molecule has 3 fully saturated rings. The number of morpholine rings is 1. The van der Waals surface area contributed by atoms with Crippen LogP contribution in [-0.2, 0) is 19.0 Å². The van der Waals surface area contributed by atoms with Crippen LogP contribution >= 0.6 is 0 Å². The minimum Gasteiger partial charge on any atom is -0.378 e. The average molecular weight is 552 g/mol. The fourth-order valence-electron chi connectivity index (χ4n) is 5.26. The van der Waals surface area contributed by atoms with Gasteiger partial charge in [0.15, 0.2) is 5.82 Å². The van der Waals surface area contributed by atoms with Gasteiger partial charge in [0.05, 0.1) is 48.9 Å². The van der Waals surface area contributed by atoms with Crippen LogP contribution in [-0.4, -0.2) is 89.4 Å². The maximum absolute atomic E-state index is 13.7. The minimum atomic E-state index is -0.801. The zero-order chi connectivity index (χ0) is 27.5. The smallest absolute Gasteiger partial charge is 0.233 e. The first kappa shape index (κ1) is 26.8. The Hall–Kier alpha value is -3.45. The number of imidazole rings is 1. The summed E-state index contributed by atoms with van der Waals surface area (Å²) in [5.74, 6) is 0.644. The van der Waals surface area contributed by atoms with Gasteiger partial charge in [-0.15, -0.1) is 0 Å². The van der Waals surface area contributed by atoms with E-state index in [2.05, 4.69) is 20.6 Å². The standard InChI is InChI=1S/C28H34FN7O4/c1-28(26(37)36-12-14-38-15-13-36)16-39-25(40-17-28)24-34-22(18-2-4-19(29)5-3-18)23(35-24)21-8-11-31-27(33-21)32-20-6-9-30-10-7-20/h2-5,8,11,20,25,30H,6-7,9-10,12-17H2,1H3,(H,34,35)(H,31,32,33). The third-order valence-corrected chi connectivity index (χ3v) is 7.57. The fraction of sp³-hybridized carbons (Fsp3) is 0.500. The quantitative estimate of drug-likeness (QED) is 0.424. The number of hydrogen-bond donors (Lipinski definition) is 3. The molecule has 0 saturated carbocycles. The summed E-state index contributed by atoms with van der Waals surface area (Å²) < 4.78 is 31.2. The summed E-state index contributed by atoms with van der Waals surface area (Å²) in [6, 6.07) is 8.24. The lowest BCUT2D eigenvalue weighted by Gasteiger charge is -2.39. The van der Waals surface area contributed by atoms with Crippen molar-refractivity contribution < 1.29 is 23.4 Å². The van der Waals surface area contributed by atoms with Crippen LogP contribution in [0.5, 0.6) is 0 Å². The van der Waals surface area contributed by atoms with E-state index in [1.807, 2.05) is 6.92 Å². The Bertz CT molecular complexity index is 1310. The summed E-state index contributed by atoms with van der Waals surface area (Å²) in [5.41, 5.74) is 1.78. The van der Waals surface area contributed by atoms with Crippen molar-refractivity contribution in [2.45, 2.75) is 32.1 Å². The molecule has 3 saturated heterocycles. The van der Waals surface area contributed by atoms with Gasteiger partial charge in [-0.3, -0.25) is 4.79 Å². The van der Waals surface area contributed by atoms with Crippen molar-refractivity contribution in [2.75, 3.05) is 57.9 Å². The Kier molecular flexibility index (Phi) is 7.74. The molecule has 0 atom stereocenters. The number of ether oxygens (including phenoxy) is 3. The molecular weight excluding hydrogens is 517 g/mol. The van der Waals surface area contributed by atoms with E-state index in [0.29, 0.717) is 66.8 Å². The van der Waals surface area contributed by atoms with E-state index in [1.165, 1.54) is 12.1 Å². The summed E-state index contributed by atoms with van der Waals surface area (Å²) in [5, 5.41) is 6.79. The van der Waals surface area contributed by atoms with Crippen molar-refractivity contribution >= 4 is 11.9 Å². The van der Waals surface area contributed by atoms with Gasteiger partial charge in [0.2, 0.25) is 18.1 Å². The number of nitrogens with one attached hydrogen (secondary N) is 3. The van der Waals surface area contributed by atoms with E-state index in [1.54, 1.807) is 29.3 Å². The third-order valence-electron chi connectivity index (χ3n) is 7.57. The van der Waals surface area contributed by atoms with Crippen LogP contribution in [0.4, 0.5) is 10.3 Å². The molecule has 1 amide bonds. The van der Waals surface area contributed by atoms with Gasteiger partial charge in [0, 0.05) is 30.9 Å². The highest BCUT2D eigenvalue weighted by Crippen LogP contribution is 2.36. The first-order valence-corrected chi connectivity index (χ1v) is 13.8. The zero-order valence-electron chi connectivity index (χ0n) is 22.5. The lowest BCUT2D eigenvalue weighted by Crippen LogP contribution is -2.53. The first-order chi connectivity index (χ1) is 19.5. The number of piperidine rings is 1. The predicted molar refractivity (Wildman–Crippen MR) is 145 cm³/mol. The Morgan fingerprint density at radius 2 is 1.80 bits per heavy atom. The van der Waals surface area contributed by atoms with Crippen LogP contribution in [0.15, 0.2) is 36.5 Å². The van der Waals surface area contributed by atoms with E-state index >= 15 is 0 Å². The molecule has 5 heterocycles. The number of amides is 1. The number of benzene rings is 1. The molecule has 0 unspecified atom stereocenters. The Morgan fingerprint density at radius 1 is 1.07 bits per heavy atom. The maximum atomic E-state index is 13.7. The number of anilines is 1. The molecular formula is C28H34FN7O4. The third kappa shape index (κ3) is 5.71. The van der Waals surface area contributed by atoms with Gasteiger partial charge < -0.3 is 34.7 Å².